The minimum Gasteiger partial charge on any atom is -0.497 e. The van der Waals surface area contributed by atoms with Crippen LogP contribution in [0.25, 0.3) is 0 Å². The molecule has 0 spiro atoms. The first kappa shape index (κ1) is 19.1. The fraction of sp³-hybridized carbons (Fsp3) is 0.550. The largest absolute Gasteiger partial charge is 0.497 e. The normalized spacial score (nSPS) is 15.9. The zero-order chi connectivity index (χ0) is 18.2. The van der Waals surface area contributed by atoms with Gasteiger partial charge in [0.1, 0.15) is 23.1 Å². The molecule has 2 aromatic rings. The number of hydrogen-bond acceptors (Lipinski definition) is 6. The summed E-state index contributed by atoms with van der Waals surface area (Å²) in [5, 5.41) is 6.45. The van der Waals surface area contributed by atoms with Crippen molar-refractivity contribution in [2.45, 2.75) is 32.4 Å². The molecule has 2 heterocycles. The molecule has 1 fully saturated rings. The van der Waals surface area contributed by atoms with Gasteiger partial charge in [0, 0.05) is 11.9 Å². The summed E-state index contributed by atoms with van der Waals surface area (Å²) in [6, 6.07) is 7.66. The van der Waals surface area contributed by atoms with Crippen LogP contribution in [0.3, 0.4) is 0 Å². The molecule has 1 saturated heterocycles. The maximum absolute atomic E-state index is 5.82. The molecule has 1 N–H and O–H groups in total. The number of methoxy groups -OCH3 is 1. The van der Waals surface area contributed by atoms with Crippen molar-refractivity contribution in [3.63, 3.8) is 0 Å². The van der Waals surface area contributed by atoms with Gasteiger partial charge in [-0.05, 0) is 76.1 Å². The van der Waals surface area contributed by atoms with E-state index in [1.165, 1.54) is 32.4 Å². The van der Waals surface area contributed by atoms with Crippen molar-refractivity contribution < 1.29 is 9.47 Å². The predicted octanol–water partition coefficient (Wildman–Crippen LogP) is 3.55. The highest BCUT2D eigenvalue weighted by Crippen LogP contribution is 2.23. The highest BCUT2D eigenvalue weighted by Gasteiger charge is 2.19. The molecule has 0 aliphatic carbocycles. The molecule has 1 aromatic carbocycles. The van der Waals surface area contributed by atoms with Gasteiger partial charge in [0.15, 0.2) is 0 Å². The van der Waals surface area contributed by atoms with Crippen LogP contribution in [0.5, 0.6) is 11.5 Å². The minimum absolute atomic E-state index is 0.517. The quantitative estimate of drug-likeness (QED) is 0.726. The van der Waals surface area contributed by atoms with Crippen LogP contribution < -0.4 is 14.8 Å². The number of likely N-dealkylation sites (tertiary alicyclic amines) is 1. The fourth-order valence-electron chi connectivity index (χ4n) is 3.32. The Kier molecular flexibility index (Phi) is 7.29. The summed E-state index contributed by atoms with van der Waals surface area (Å²) in [6.45, 7) is 4.97. The van der Waals surface area contributed by atoms with Gasteiger partial charge in [-0.1, -0.05) is 0 Å². The van der Waals surface area contributed by atoms with E-state index in [4.69, 9.17) is 14.5 Å². The van der Waals surface area contributed by atoms with Gasteiger partial charge < -0.3 is 14.8 Å². The van der Waals surface area contributed by atoms with E-state index in [0.717, 1.165) is 41.2 Å². The first-order valence-electron chi connectivity index (χ1n) is 9.34. The van der Waals surface area contributed by atoms with Gasteiger partial charge >= 0.3 is 0 Å². The Hall–Kier alpha value is -1.63. The van der Waals surface area contributed by atoms with Gasteiger partial charge in [-0.2, -0.15) is 0 Å². The van der Waals surface area contributed by atoms with Crippen LogP contribution in [-0.2, 0) is 13.2 Å². The lowest BCUT2D eigenvalue weighted by Crippen LogP contribution is -2.34. The lowest BCUT2D eigenvalue weighted by atomic mass is 9.93. The van der Waals surface area contributed by atoms with Crippen molar-refractivity contribution >= 4 is 11.3 Å². The van der Waals surface area contributed by atoms with Crippen molar-refractivity contribution in [3.8, 4) is 11.5 Å². The molecule has 0 atom stereocenters. The second-order valence-corrected chi connectivity index (χ2v) is 7.75. The maximum atomic E-state index is 5.82. The number of piperidine rings is 1. The van der Waals surface area contributed by atoms with Gasteiger partial charge in [0.05, 0.1) is 12.8 Å². The number of benzene rings is 1. The average molecular weight is 376 g/mol. The van der Waals surface area contributed by atoms with Crippen LogP contribution in [0.4, 0.5) is 0 Å². The number of aromatic nitrogens is 1. The van der Waals surface area contributed by atoms with Crippen molar-refractivity contribution in [1.82, 2.24) is 15.2 Å². The third-order valence-electron chi connectivity index (χ3n) is 4.92. The molecule has 0 saturated carbocycles. The van der Waals surface area contributed by atoms with Crippen molar-refractivity contribution in [2.24, 2.45) is 5.92 Å². The average Bonchev–Trinajstić information content (AvgIpc) is 3.13. The molecule has 0 bridgehead atoms. The highest BCUT2D eigenvalue weighted by molar-refractivity contribution is 7.09. The van der Waals surface area contributed by atoms with E-state index in [0.29, 0.717) is 6.61 Å². The maximum Gasteiger partial charge on any atom is 0.140 e. The van der Waals surface area contributed by atoms with Gasteiger partial charge in [0.25, 0.3) is 0 Å². The van der Waals surface area contributed by atoms with E-state index in [-0.39, 0.29) is 0 Å². The first-order chi connectivity index (χ1) is 12.8. The monoisotopic (exact) mass is 375 g/mol. The molecule has 142 valence electrons. The lowest BCUT2D eigenvalue weighted by molar-refractivity contribution is 0.171. The van der Waals surface area contributed by atoms with E-state index < -0.39 is 0 Å². The molecular formula is C20H29N3O2S. The van der Waals surface area contributed by atoms with Crippen LogP contribution in [0.1, 0.15) is 30.0 Å². The smallest absolute Gasteiger partial charge is 0.140 e. The number of rotatable bonds is 9. The number of hydrogen-bond donors (Lipinski definition) is 1. The topological polar surface area (TPSA) is 46.6 Å². The summed E-state index contributed by atoms with van der Waals surface area (Å²) < 4.78 is 11.0. The Morgan fingerprint density at radius 2 is 1.92 bits per heavy atom. The summed E-state index contributed by atoms with van der Waals surface area (Å²) in [4.78, 5) is 7.27. The number of thiazole rings is 1. The van der Waals surface area contributed by atoms with Crippen LogP contribution in [0, 0.1) is 5.92 Å². The molecule has 1 aliphatic heterocycles. The summed E-state index contributed by atoms with van der Waals surface area (Å²) in [5.41, 5.74) is 1.16. The lowest BCUT2D eigenvalue weighted by Gasteiger charge is -2.31. The number of nitrogens with one attached hydrogen (secondary N) is 1. The van der Waals surface area contributed by atoms with Crippen LogP contribution >= 0.6 is 11.3 Å². The zero-order valence-corrected chi connectivity index (χ0v) is 16.6. The summed E-state index contributed by atoms with van der Waals surface area (Å²) in [7, 11) is 3.70. The van der Waals surface area contributed by atoms with Gasteiger partial charge in [0.2, 0.25) is 0 Å². The summed E-state index contributed by atoms with van der Waals surface area (Å²) in [6.07, 6.45) is 3.91. The minimum atomic E-state index is 0.517. The van der Waals surface area contributed by atoms with Gasteiger partial charge in [-0.3, -0.25) is 4.90 Å². The van der Waals surface area contributed by atoms with Crippen molar-refractivity contribution in [3.05, 3.63) is 40.3 Å². The molecule has 26 heavy (non-hydrogen) atoms. The van der Waals surface area contributed by atoms with Gasteiger partial charge in [-0.15, -0.1) is 11.3 Å². The SMILES string of the molecule is CNCCC1CCN(Cc2csc(COc3ccc(OC)cc3)n2)CC1. The Bertz CT molecular complexity index is 651. The van der Waals surface area contributed by atoms with Crippen molar-refractivity contribution in [1.29, 1.82) is 0 Å². The van der Waals surface area contributed by atoms with Crippen LogP contribution in [0.2, 0.25) is 0 Å². The molecule has 0 radical (unpaired) electrons. The van der Waals surface area contributed by atoms with E-state index in [9.17, 15) is 0 Å². The molecule has 0 unspecified atom stereocenters. The molecule has 1 aromatic heterocycles. The van der Waals surface area contributed by atoms with Crippen LogP contribution in [-0.4, -0.2) is 43.7 Å². The second-order valence-electron chi connectivity index (χ2n) is 6.81. The Morgan fingerprint density at radius 3 is 2.62 bits per heavy atom. The predicted molar refractivity (Wildman–Crippen MR) is 106 cm³/mol. The number of nitrogens with zero attached hydrogens (tertiary/aromatic N) is 2. The van der Waals surface area contributed by atoms with E-state index in [2.05, 4.69) is 15.6 Å². The van der Waals surface area contributed by atoms with Gasteiger partial charge in [-0.25, -0.2) is 4.98 Å². The van der Waals surface area contributed by atoms with E-state index in [1.54, 1.807) is 18.4 Å². The Morgan fingerprint density at radius 1 is 1.19 bits per heavy atom. The third kappa shape index (κ3) is 5.69. The van der Waals surface area contributed by atoms with E-state index in [1.807, 2.05) is 31.3 Å². The second kappa shape index (κ2) is 9.90. The molecule has 3 rings (SSSR count). The number of ether oxygens (including phenoxy) is 2. The third-order valence-corrected chi connectivity index (χ3v) is 5.79. The Balaban J connectivity index is 1.42. The van der Waals surface area contributed by atoms with E-state index >= 15 is 0 Å². The summed E-state index contributed by atoms with van der Waals surface area (Å²) in [5.74, 6) is 2.55. The molecule has 6 heteroatoms. The molecule has 5 nitrogen and oxygen atoms in total. The summed E-state index contributed by atoms with van der Waals surface area (Å²) >= 11 is 1.68. The first-order valence-corrected chi connectivity index (χ1v) is 10.2. The highest BCUT2D eigenvalue weighted by atomic mass is 32.1. The van der Waals surface area contributed by atoms with Crippen molar-refractivity contribution in [2.75, 3.05) is 33.8 Å². The fourth-order valence-corrected chi connectivity index (χ4v) is 4.01. The Labute approximate surface area is 160 Å². The molecule has 1 aliphatic rings. The standard InChI is InChI=1S/C20H29N3O2S/c1-21-10-7-16-8-11-23(12-9-16)13-17-15-26-20(22-17)14-25-19-5-3-18(24-2)4-6-19/h3-6,15-16,21H,7-14H2,1-2H3. The zero-order valence-electron chi connectivity index (χ0n) is 15.7. The molecule has 0 amide bonds. The molecular weight excluding hydrogens is 346 g/mol. The van der Waals surface area contributed by atoms with Crippen LogP contribution in [0.15, 0.2) is 29.6 Å².